The minimum Gasteiger partial charge on any atom is -0.360 e. The third-order valence-electron chi connectivity index (χ3n) is 4.71. The molecule has 0 atom stereocenters. The van der Waals surface area contributed by atoms with Crippen LogP contribution < -0.4 is 4.90 Å². The summed E-state index contributed by atoms with van der Waals surface area (Å²) in [4.78, 5) is 28.9. The first-order chi connectivity index (χ1) is 12.2. The van der Waals surface area contributed by atoms with Crippen LogP contribution in [0.1, 0.15) is 15.9 Å². The summed E-state index contributed by atoms with van der Waals surface area (Å²) < 4.78 is 0. The predicted octanol–water partition coefficient (Wildman–Crippen LogP) is 2.27. The Bertz CT molecular complexity index is 881. The van der Waals surface area contributed by atoms with Crippen molar-refractivity contribution in [2.24, 2.45) is 0 Å². The van der Waals surface area contributed by atoms with Crippen molar-refractivity contribution < 1.29 is 4.79 Å². The first-order valence-corrected chi connectivity index (χ1v) is 8.56. The minimum absolute atomic E-state index is 0.168. The SMILES string of the molecule is Cc1ccc2[nH]cc(C(=O)CN3CCN(c4ncccn4)CC3)c2c1. The van der Waals surface area contributed by atoms with Gasteiger partial charge in [-0.3, -0.25) is 9.69 Å². The van der Waals surface area contributed by atoms with E-state index in [4.69, 9.17) is 0 Å². The van der Waals surface area contributed by atoms with Crippen LogP contribution in [0.15, 0.2) is 42.9 Å². The third kappa shape index (κ3) is 3.25. The third-order valence-corrected chi connectivity index (χ3v) is 4.71. The van der Waals surface area contributed by atoms with Gasteiger partial charge in [0.2, 0.25) is 5.95 Å². The second-order valence-corrected chi connectivity index (χ2v) is 6.49. The van der Waals surface area contributed by atoms with Crippen LogP contribution >= 0.6 is 0 Å². The van der Waals surface area contributed by atoms with E-state index in [1.54, 1.807) is 12.4 Å². The van der Waals surface area contributed by atoms with Crippen molar-refractivity contribution in [3.8, 4) is 0 Å². The van der Waals surface area contributed by atoms with Gasteiger partial charge in [0, 0.05) is 61.2 Å². The zero-order valence-corrected chi connectivity index (χ0v) is 14.3. The molecule has 0 radical (unpaired) electrons. The van der Waals surface area contributed by atoms with E-state index in [0.717, 1.165) is 54.2 Å². The van der Waals surface area contributed by atoms with Gasteiger partial charge in [-0.05, 0) is 25.1 Å². The van der Waals surface area contributed by atoms with Gasteiger partial charge in [0.05, 0.1) is 6.54 Å². The lowest BCUT2D eigenvalue weighted by molar-refractivity contribution is 0.0928. The van der Waals surface area contributed by atoms with Crippen molar-refractivity contribution in [1.29, 1.82) is 0 Å². The summed E-state index contributed by atoms with van der Waals surface area (Å²) in [5.74, 6) is 0.932. The first kappa shape index (κ1) is 15.8. The molecule has 3 heterocycles. The van der Waals surface area contributed by atoms with Crippen LogP contribution in [0.3, 0.4) is 0 Å². The summed E-state index contributed by atoms with van der Waals surface area (Å²) in [5.41, 5.74) is 2.96. The van der Waals surface area contributed by atoms with Crippen LogP contribution in [0.2, 0.25) is 0 Å². The van der Waals surface area contributed by atoms with E-state index in [1.807, 2.05) is 25.3 Å². The molecule has 3 aromatic rings. The molecule has 2 aromatic heterocycles. The van der Waals surface area contributed by atoms with Gasteiger partial charge in [-0.15, -0.1) is 0 Å². The van der Waals surface area contributed by atoms with Crippen LogP contribution in [-0.2, 0) is 0 Å². The molecule has 128 valence electrons. The van der Waals surface area contributed by atoms with Crippen LogP contribution in [0, 0.1) is 6.92 Å². The number of piperazine rings is 1. The van der Waals surface area contributed by atoms with Gasteiger partial charge in [-0.1, -0.05) is 11.6 Å². The number of nitrogens with one attached hydrogen (secondary N) is 1. The van der Waals surface area contributed by atoms with E-state index in [9.17, 15) is 4.79 Å². The van der Waals surface area contributed by atoms with Crippen LogP contribution in [-0.4, -0.2) is 58.4 Å². The highest BCUT2D eigenvalue weighted by Crippen LogP contribution is 2.20. The number of Topliss-reactive ketones (excluding diaryl/α,β-unsaturated/α-hetero) is 1. The molecule has 1 fully saturated rings. The van der Waals surface area contributed by atoms with E-state index in [-0.39, 0.29) is 5.78 Å². The quantitative estimate of drug-likeness (QED) is 0.741. The number of hydrogen-bond donors (Lipinski definition) is 1. The van der Waals surface area contributed by atoms with Gasteiger partial charge >= 0.3 is 0 Å². The van der Waals surface area contributed by atoms with Crippen molar-refractivity contribution in [3.63, 3.8) is 0 Å². The average molecular weight is 335 g/mol. The number of carbonyl (C=O) groups is 1. The summed E-state index contributed by atoms with van der Waals surface area (Å²) in [7, 11) is 0. The molecule has 0 bridgehead atoms. The zero-order valence-electron chi connectivity index (χ0n) is 14.3. The molecule has 25 heavy (non-hydrogen) atoms. The largest absolute Gasteiger partial charge is 0.360 e. The fourth-order valence-corrected chi connectivity index (χ4v) is 3.31. The molecule has 1 aliphatic heterocycles. The number of benzene rings is 1. The first-order valence-electron chi connectivity index (χ1n) is 8.56. The molecule has 0 aliphatic carbocycles. The predicted molar refractivity (Wildman–Crippen MR) is 98.1 cm³/mol. The Kier molecular flexibility index (Phi) is 4.19. The maximum atomic E-state index is 12.8. The standard InChI is InChI=1S/C19H21N5O/c1-14-3-4-17-15(11-14)16(12-22-17)18(25)13-23-7-9-24(10-8-23)19-20-5-2-6-21-19/h2-6,11-12,22H,7-10,13H2,1H3. The molecule has 0 saturated carbocycles. The van der Waals surface area contributed by atoms with Crippen molar-refractivity contribution in [2.45, 2.75) is 6.92 Å². The minimum atomic E-state index is 0.168. The number of ketones is 1. The van der Waals surface area contributed by atoms with Gasteiger partial charge in [-0.2, -0.15) is 0 Å². The summed E-state index contributed by atoms with van der Waals surface area (Å²) in [6.07, 6.45) is 5.36. The number of fused-ring (bicyclic) bond motifs is 1. The maximum absolute atomic E-state index is 12.8. The highest BCUT2D eigenvalue weighted by Gasteiger charge is 2.22. The Morgan fingerprint density at radius 2 is 1.92 bits per heavy atom. The van der Waals surface area contributed by atoms with E-state index < -0.39 is 0 Å². The molecule has 1 aromatic carbocycles. The molecule has 1 saturated heterocycles. The van der Waals surface area contributed by atoms with Crippen LogP contribution in [0.5, 0.6) is 0 Å². The lowest BCUT2D eigenvalue weighted by Gasteiger charge is -2.34. The topological polar surface area (TPSA) is 65.1 Å². The van der Waals surface area contributed by atoms with Gasteiger partial charge in [0.1, 0.15) is 0 Å². The van der Waals surface area contributed by atoms with Crippen molar-refractivity contribution >= 4 is 22.6 Å². The molecule has 6 heteroatoms. The number of aryl methyl sites for hydroxylation is 1. The summed E-state index contributed by atoms with van der Waals surface area (Å²) in [6, 6.07) is 7.98. The monoisotopic (exact) mass is 335 g/mol. The fourth-order valence-electron chi connectivity index (χ4n) is 3.31. The molecular weight excluding hydrogens is 314 g/mol. The number of nitrogens with zero attached hydrogens (tertiary/aromatic N) is 4. The Morgan fingerprint density at radius 1 is 1.16 bits per heavy atom. The number of hydrogen-bond acceptors (Lipinski definition) is 5. The van der Waals surface area contributed by atoms with E-state index in [1.165, 1.54) is 0 Å². The number of carbonyl (C=O) groups excluding carboxylic acids is 1. The molecule has 0 amide bonds. The van der Waals surface area contributed by atoms with E-state index >= 15 is 0 Å². The number of aromatic amines is 1. The highest BCUT2D eigenvalue weighted by atomic mass is 16.1. The van der Waals surface area contributed by atoms with Crippen molar-refractivity contribution in [1.82, 2.24) is 19.9 Å². The maximum Gasteiger partial charge on any atom is 0.225 e. The number of aromatic nitrogens is 3. The molecule has 1 aliphatic rings. The lowest BCUT2D eigenvalue weighted by Crippen LogP contribution is -2.48. The fraction of sp³-hybridized carbons (Fsp3) is 0.316. The normalized spacial score (nSPS) is 15.6. The van der Waals surface area contributed by atoms with E-state index in [2.05, 4.69) is 36.9 Å². The molecular formula is C19H21N5O. The molecule has 0 spiro atoms. The average Bonchev–Trinajstić information content (AvgIpc) is 3.06. The second kappa shape index (κ2) is 6.64. The Labute approximate surface area is 146 Å². The highest BCUT2D eigenvalue weighted by molar-refractivity contribution is 6.08. The van der Waals surface area contributed by atoms with Crippen molar-refractivity contribution in [2.75, 3.05) is 37.6 Å². The van der Waals surface area contributed by atoms with Crippen LogP contribution in [0.25, 0.3) is 10.9 Å². The molecule has 4 rings (SSSR count). The van der Waals surface area contributed by atoms with E-state index in [0.29, 0.717) is 6.54 Å². The Morgan fingerprint density at radius 3 is 2.68 bits per heavy atom. The van der Waals surface area contributed by atoms with Gasteiger partial charge in [0.25, 0.3) is 0 Å². The summed E-state index contributed by atoms with van der Waals surface area (Å²) >= 11 is 0. The zero-order chi connectivity index (χ0) is 17.2. The molecule has 1 N–H and O–H groups in total. The van der Waals surface area contributed by atoms with Gasteiger partial charge in [0.15, 0.2) is 5.78 Å². The molecule has 0 unspecified atom stereocenters. The van der Waals surface area contributed by atoms with Crippen molar-refractivity contribution in [3.05, 3.63) is 54.0 Å². The smallest absolute Gasteiger partial charge is 0.225 e. The summed E-state index contributed by atoms with van der Waals surface area (Å²) in [6.45, 7) is 5.85. The van der Waals surface area contributed by atoms with Gasteiger partial charge < -0.3 is 9.88 Å². The Hall–Kier alpha value is -2.73. The number of anilines is 1. The number of H-pyrrole nitrogens is 1. The number of rotatable bonds is 4. The van der Waals surface area contributed by atoms with Gasteiger partial charge in [-0.25, -0.2) is 9.97 Å². The second-order valence-electron chi connectivity index (χ2n) is 6.49. The van der Waals surface area contributed by atoms with Crippen LogP contribution in [0.4, 0.5) is 5.95 Å². The molecule has 6 nitrogen and oxygen atoms in total. The Balaban J connectivity index is 1.41. The summed E-state index contributed by atoms with van der Waals surface area (Å²) in [5, 5.41) is 1.02. The lowest BCUT2D eigenvalue weighted by atomic mass is 10.1.